The summed E-state index contributed by atoms with van der Waals surface area (Å²) in [5.41, 5.74) is -1.58. The van der Waals surface area contributed by atoms with Crippen LogP contribution >= 0.6 is 0 Å². The van der Waals surface area contributed by atoms with E-state index in [1.807, 2.05) is 6.08 Å². The molecule has 5 heteroatoms. The van der Waals surface area contributed by atoms with Gasteiger partial charge in [-0.05, 0) is 12.8 Å². The van der Waals surface area contributed by atoms with Gasteiger partial charge >= 0.3 is 17.2 Å². The van der Waals surface area contributed by atoms with Crippen LogP contribution in [0.1, 0.15) is 45.4 Å². The zero-order valence-corrected chi connectivity index (χ0v) is 10.7. The molecule has 0 N–H and O–H groups in total. The average Bonchev–Trinajstić information content (AvgIpc) is 2.95. The van der Waals surface area contributed by atoms with E-state index in [4.69, 9.17) is 4.74 Å². The van der Waals surface area contributed by atoms with Crippen LogP contribution < -0.4 is 11.1 Å². The lowest BCUT2D eigenvalue weighted by atomic mass is 10.1. The van der Waals surface area contributed by atoms with Crippen molar-refractivity contribution in [2.75, 3.05) is 6.61 Å². The zero-order valence-electron chi connectivity index (χ0n) is 10.7. The van der Waals surface area contributed by atoms with Crippen molar-refractivity contribution in [2.24, 2.45) is 0 Å². The van der Waals surface area contributed by atoms with Crippen LogP contribution in [0.5, 0.6) is 0 Å². The predicted octanol–water partition coefficient (Wildman–Crippen LogP) is 1.99. The molecular weight excluding hydrogens is 234 g/mol. The number of carbonyl (C=O) groups is 1. The van der Waals surface area contributed by atoms with Gasteiger partial charge in [0.1, 0.15) is 6.61 Å². The van der Waals surface area contributed by atoms with Crippen molar-refractivity contribution in [3.63, 3.8) is 0 Å². The zero-order chi connectivity index (χ0) is 13.4. The van der Waals surface area contributed by atoms with Crippen molar-refractivity contribution >= 4 is 6.09 Å². The fourth-order valence-electron chi connectivity index (χ4n) is 1.54. The van der Waals surface area contributed by atoms with Gasteiger partial charge in [-0.25, -0.2) is 4.79 Å². The molecule has 0 aromatic carbocycles. The first-order valence-corrected chi connectivity index (χ1v) is 6.38. The minimum atomic E-state index is -0.877. The Kier molecular flexibility index (Phi) is 6.11. The Balaban J connectivity index is 2.01. The second kappa shape index (κ2) is 7.63. The van der Waals surface area contributed by atoms with Gasteiger partial charge in [-0.1, -0.05) is 44.8 Å². The van der Waals surface area contributed by atoms with Crippen LogP contribution in [0.15, 0.2) is 21.7 Å². The van der Waals surface area contributed by atoms with Crippen molar-refractivity contribution < 1.29 is 9.53 Å². The molecule has 100 valence electrons. The smallest absolute Gasteiger partial charge is 0.424 e. The van der Waals surface area contributed by atoms with Crippen LogP contribution in [0.2, 0.25) is 0 Å². The third kappa shape index (κ3) is 4.69. The lowest BCUT2D eigenvalue weighted by Gasteiger charge is -1.97. The maximum atomic E-state index is 11.1. The van der Waals surface area contributed by atoms with Crippen LogP contribution in [0.3, 0.4) is 0 Å². The second-order valence-corrected chi connectivity index (χ2v) is 4.20. The minimum absolute atomic E-state index is 0.102. The molecule has 0 amide bonds. The third-order valence-corrected chi connectivity index (χ3v) is 2.67. The van der Waals surface area contributed by atoms with Gasteiger partial charge in [-0.3, -0.25) is 9.59 Å². The topological polar surface area (TPSA) is 65.4 Å². The molecule has 0 atom stereocenters. The summed E-state index contributed by atoms with van der Waals surface area (Å²) >= 11 is 0. The average molecular weight is 253 g/mol. The van der Waals surface area contributed by atoms with Crippen molar-refractivity contribution in [1.29, 1.82) is 0 Å². The van der Waals surface area contributed by atoms with E-state index in [9.17, 15) is 14.4 Å². The monoisotopic (exact) mass is 253 g/mol. The van der Waals surface area contributed by atoms with Crippen LogP contribution in [-0.4, -0.2) is 17.3 Å². The number of hydrogen-bond acceptors (Lipinski definition) is 4. The van der Waals surface area contributed by atoms with E-state index in [-0.39, 0.29) is 6.61 Å². The number of nitrogens with zero attached hydrogens (tertiary/aromatic N) is 1. The molecule has 1 heterocycles. The van der Waals surface area contributed by atoms with Gasteiger partial charge in [0, 0.05) is 0 Å². The molecule has 0 aliphatic carbocycles. The maximum Gasteiger partial charge on any atom is 0.424 e. The van der Waals surface area contributed by atoms with Crippen LogP contribution in [0, 0.1) is 0 Å². The fraction of sp³-hybridized carbons (Fsp3) is 0.615. The van der Waals surface area contributed by atoms with Gasteiger partial charge in [0.15, 0.2) is 0 Å². The lowest BCUT2D eigenvalue weighted by molar-refractivity contribution is 0.161. The molecule has 1 aromatic heterocycles. The second-order valence-electron chi connectivity index (χ2n) is 4.20. The first-order valence-electron chi connectivity index (χ1n) is 6.38. The summed E-state index contributed by atoms with van der Waals surface area (Å²) in [4.78, 5) is 32.2. The van der Waals surface area contributed by atoms with Gasteiger partial charge < -0.3 is 4.74 Å². The van der Waals surface area contributed by atoms with E-state index in [1.165, 1.54) is 25.7 Å². The molecule has 5 nitrogen and oxygen atoms in total. The van der Waals surface area contributed by atoms with E-state index >= 15 is 0 Å². The highest BCUT2D eigenvalue weighted by molar-refractivity contribution is 5.72. The normalized spacial score (nSPS) is 11.4. The SMILES string of the molecule is CCCCCCCC=CCOC(=O)n1c(=O)c1=O. The Morgan fingerprint density at radius 3 is 2.39 bits per heavy atom. The Bertz CT molecular complexity index is 440. The standard InChI is InChI=1S/C13H19NO4/c1-2-3-4-5-6-7-8-9-10-18-13(17)14-11(15)12(14)16/h8-9H,2-7,10H2,1H3. The predicted molar refractivity (Wildman–Crippen MR) is 68.6 cm³/mol. The van der Waals surface area contributed by atoms with Crippen LogP contribution in [-0.2, 0) is 4.74 Å². The van der Waals surface area contributed by atoms with Gasteiger partial charge in [-0.2, -0.15) is 4.57 Å². The highest BCUT2D eigenvalue weighted by Gasteiger charge is 2.24. The molecule has 0 unspecified atom stereocenters. The van der Waals surface area contributed by atoms with Crippen molar-refractivity contribution in [3.05, 3.63) is 32.9 Å². The minimum Gasteiger partial charge on any atom is -0.445 e. The first-order chi connectivity index (χ1) is 8.68. The van der Waals surface area contributed by atoms with E-state index in [2.05, 4.69) is 6.92 Å². The highest BCUT2D eigenvalue weighted by atomic mass is 16.6. The molecular formula is C13H19NO4. The Morgan fingerprint density at radius 2 is 1.78 bits per heavy atom. The fourth-order valence-corrected chi connectivity index (χ4v) is 1.54. The number of allylic oxidation sites excluding steroid dienone is 1. The molecule has 1 aromatic rings. The molecule has 0 spiro atoms. The van der Waals surface area contributed by atoms with Gasteiger partial charge in [0.25, 0.3) is 0 Å². The number of hydrogen-bond donors (Lipinski definition) is 0. The lowest BCUT2D eigenvalue weighted by Crippen LogP contribution is -2.12. The number of carbonyl (C=O) groups excluding carboxylic acids is 1. The number of rotatable bonds is 8. The van der Waals surface area contributed by atoms with Gasteiger partial charge in [0.05, 0.1) is 0 Å². The number of ether oxygens (including phenoxy) is 1. The highest BCUT2D eigenvalue weighted by Crippen LogP contribution is 2.05. The van der Waals surface area contributed by atoms with E-state index in [0.717, 1.165) is 12.8 Å². The Hall–Kier alpha value is -1.65. The van der Waals surface area contributed by atoms with E-state index in [1.54, 1.807) is 6.08 Å². The largest absolute Gasteiger partial charge is 0.445 e. The number of aromatic nitrogens is 1. The molecule has 0 radical (unpaired) electrons. The van der Waals surface area contributed by atoms with Crippen molar-refractivity contribution in [1.82, 2.24) is 4.57 Å². The Labute approximate surface area is 106 Å². The van der Waals surface area contributed by atoms with Crippen LogP contribution in [0.4, 0.5) is 4.79 Å². The molecule has 0 aliphatic heterocycles. The summed E-state index contributed by atoms with van der Waals surface area (Å²) in [7, 11) is 0. The molecule has 1 rings (SSSR count). The summed E-state index contributed by atoms with van der Waals surface area (Å²) < 4.78 is 5.20. The molecule has 0 bridgehead atoms. The van der Waals surface area contributed by atoms with Gasteiger partial charge in [0.2, 0.25) is 0 Å². The summed E-state index contributed by atoms with van der Waals surface area (Å²) in [5, 5.41) is 0. The van der Waals surface area contributed by atoms with Crippen LogP contribution in [0.25, 0.3) is 0 Å². The first kappa shape index (κ1) is 14.4. The molecule has 0 saturated heterocycles. The van der Waals surface area contributed by atoms with Crippen molar-refractivity contribution in [3.8, 4) is 0 Å². The molecule has 18 heavy (non-hydrogen) atoms. The van der Waals surface area contributed by atoms with E-state index in [0.29, 0.717) is 4.57 Å². The summed E-state index contributed by atoms with van der Waals surface area (Å²) in [6.45, 7) is 2.28. The summed E-state index contributed by atoms with van der Waals surface area (Å²) in [5.74, 6) is 0. The third-order valence-electron chi connectivity index (χ3n) is 2.67. The maximum absolute atomic E-state index is 11.1. The summed E-state index contributed by atoms with van der Waals surface area (Å²) in [6.07, 6.45) is 9.89. The number of unbranched alkanes of at least 4 members (excludes halogenated alkanes) is 5. The summed E-state index contributed by atoms with van der Waals surface area (Å²) in [6, 6.07) is 0. The molecule has 0 fully saturated rings. The van der Waals surface area contributed by atoms with E-state index < -0.39 is 17.2 Å². The molecule has 0 aliphatic rings. The quantitative estimate of drug-likeness (QED) is 0.403. The molecule has 0 saturated carbocycles. The van der Waals surface area contributed by atoms with Crippen molar-refractivity contribution in [2.45, 2.75) is 45.4 Å². The van der Waals surface area contributed by atoms with Gasteiger partial charge in [-0.15, -0.1) is 0 Å². The Morgan fingerprint density at radius 1 is 1.11 bits per heavy atom.